The predicted molar refractivity (Wildman–Crippen MR) is 68.4 cm³/mol. The van der Waals surface area contributed by atoms with Gasteiger partial charge in [-0.25, -0.2) is 0 Å². The number of carbonyl (C=O) groups excluding carboxylic acids is 1. The highest BCUT2D eigenvalue weighted by atomic mass is 16.2. The molecule has 1 aliphatic carbocycles. The first-order chi connectivity index (χ1) is 8.29. The fourth-order valence-electron chi connectivity index (χ4n) is 2.41. The lowest BCUT2D eigenvalue weighted by Gasteiger charge is -2.25. The predicted octanol–water partition coefficient (Wildman–Crippen LogP) is 1.39. The van der Waals surface area contributed by atoms with Gasteiger partial charge in [-0.15, -0.1) is 12.3 Å². The topological polar surface area (TPSA) is 32.3 Å². The maximum Gasteiger partial charge on any atom is 0.223 e. The summed E-state index contributed by atoms with van der Waals surface area (Å²) in [6, 6.07) is 0.503. The first-order valence-electron chi connectivity index (χ1n) is 6.74. The molecule has 1 atom stereocenters. The molecule has 1 saturated heterocycles. The molecule has 2 aliphatic rings. The van der Waals surface area contributed by atoms with Crippen molar-refractivity contribution in [2.24, 2.45) is 5.92 Å². The Morgan fingerprint density at radius 2 is 2.18 bits per heavy atom. The Labute approximate surface area is 104 Å². The van der Waals surface area contributed by atoms with E-state index < -0.39 is 0 Å². The maximum atomic E-state index is 12.1. The van der Waals surface area contributed by atoms with Crippen LogP contribution in [0.15, 0.2) is 0 Å². The molecule has 94 valence electrons. The summed E-state index contributed by atoms with van der Waals surface area (Å²) in [6.07, 6.45) is 11.3. The molecule has 1 aliphatic heterocycles. The van der Waals surface area contributed by atoms with E-state index in [4.69, 9.17) is 6.42 Å². The van der Waals surface area contributed by atoms with Crippen molar-refractivity contribution in [2.45, 2.75) is 44.6 Å². The molecule has 2 rings (SSSR count). The molecule has 3 nitrogen and oxygen atoms in total. The van der Waals surface area contributed by atoms with Gasteiger partial charge in [0.15, 0.2) is 0 Å². The molecule has 17 heavy (non-hydrogen) atoms. The van der Waals surface area contributed by atoms with Crippen molar-refractivity contribution in [3.63, 3.8) is 0 Å². The van der Waals surface area contributed by atoms with Crippen LogP contribution in [0.25, 0.3) is 0 Å². The van der Waals surface area contributed by atoms with E-state index in [1.54, 1.807) is 0 Å². The Kier molecular flexibility index (Phi) is 4.44. The third-order valence-corrected chi connectivity index (χ3v) is 3.61. The van der Waals surface area contributed by atoms with E-state index in [2.05, 4.69) is 11.2 Å². The Hall–Kier alpha value is -1.01. The number of rotatable bonds is 6. The van der Waals surface area contributed by atoms with Gasteiger partial charge < -0.3 is 10.2 Å². The van der Waals surface area contributed by atoms with Crippen LogP contribution in [0.1, 0.15) is 38.5 Å². The molecule has 0 aromatic carbocycles. The van der Waals surface area contributed by atoms with Crippen molar-refractivity contribution in [3.8, 4) is 12.3 Å². The SMILES string of the molecule is C#CCCC(=O)N(CC1CC1)CC1CCCN1. The minimum Gasteiger partial charge on any atom is -0.341 e. The molecule has 1 unspecified atom stereocenters. The molecule has 1 amide bonds. The summed E-state index contributed by atoms with van der Waals surface area (Å²) < 4.78 is 0. The van der Waals surface area contributed by atoms with Gasteiger partial charge in [0.2, 0.25) is 5.91 Å². The zero-order chi connectivity index (χ0) is 12.1. The summed E-state index contributed by atoms with van der Waals surface area (Å²) in [6.45, 7) is 2.92. The molecule has 0 radical (unpaired) electrons. The lowest BCUT2D eigenvalue weighted by atomic mass is 10.2. The number of terminal acetylenes is 1. The van der Waals surface area contributed by atoms with Gasteiger partial charge in [-0.3, -0.25) is 4.79 Å². The number of amides is 1. The highest BCUT2D eigenvalue weighted by Crippen LogP contribution is 2.30. The average molecular weight is 234 g/mol. The summed E-state index contributed by atoms with van der Waals surface area (Å²) in [4.78, 5) is 14.1. The molecule has 1 saturated carbocycles. The Morgan fingerprint density at radius 3 is 2.76 bits per heavy atom. The van der Waals surface area contributed by atoms with Crippen LogP contribution in [-0.4, -0.2) is 36.5 Å². The fourth-order valence-corrected chi connectivity index (χ4v) is 2.41. The molecule has 1 heterocycles. The van der Waals surface area contributed by atoms with E-state index in [9.17, 15) is 4.79 Å². The smallest absolute Gasteiger partial charge is 0.223 e. The summed E-state index contributed by atoms with van der Waals surface area (Å²) in [5.41, 5.74) is 0. The molecule has 2 fully saturated rings. The van der Waals surface area contributed by atoms with E-state index >= 15 is 0 Å². The maximum absolute atomic E-state index is 12.1. The monoisotopic (exact) mass is 234 g/mol. The van der Waals surface area contributed by atoms with E-state index in [-0.39, 0.29) is 5.91 Å². The van der Waals surface area contributed by atoms with Gasteiger partial charge in [-0.1, -0.05) is 0 Å². The lowest BCUT2D eigenvalue weighted by molar-refractivity contribution is -0.131. The van der Waals surface area contributed by atoms with E-state index in [1.165, 1.54) is 25.7 Å². The normalized spacial score (nSPS) is 23.4. The quantitative estimate of drug-likeness (QED) is 0.704. The second kappa shape index (κ2) is 6.07. The second-order valence-electron chi connectivity index (χ2n) is 5.24. The van der Waals surface area contributed by atoms with Crippen LogP contribution in [-0.2, 0) is 4.79 Å². The molecular weight excluding hydrogens is 212 g/mol. The Morgan fingerprint density at radius 1 is 1.35 bits per heavy atom. The summed E-state index contributed by atoms with van der Waals surface area (Å²) in [7, 11) is 0. The van der Waals surface area contributed by atoms with Gasteiger partial charge in [0, 0.05) is 32.0 Å². The zero-order valence-electron chi connectivity index (χ0n) is 10.5. The highest BCUT2D eigenvalue weighted by Gasteiger charge is 2.28. The second-order valence-corrected chi connectivity index (χ2v) is 5.24. The molecule has 0 aromatic rings. The summed E-state index contributed by atoms with van der Waals surface area (Å²) in [5.74, 6) is 3.55. The van der Waals surface area contributed by atoms with Crippen LogP contribution >= 0.6 is 0 Å². The van der Waals surface area contributed by atoms with Crippen molar-refractivity contribution < 1.29 is 4.79 Å². The molecular formula is C14H22N2O. The number of nitrogens with zero attached hydrogens (tertiary/aromatic N) is 1. The average Bonchev–Trinajstić information content (AvgIpc) is 2.99. The first kappa shape index (κ1) is 12.4. The van der Waals surface area contributed by atoms with Crippen molar-refractivity contribution in [2.75, 3.05) is 19.6 Å². The standard InChI is InChI=1S/C14H22N2O/c1-2-3-6-14(17)16(10-12-7-8-12)11-13-5-4-9-15-13/h1,12-13,15H,3-11H2. The molecule has 1 N–H and O–H groups in total. The minimum absolute atomic E-state index is 0.239. The lowest BCUT2D eigenvalue weighted by Crippen LogP contribution is -2.42. The number of hydrogen-bond donors (Lipinski definition) is 1. The van der Waals surface area contributed by atoms with Gasteiger partial charge in [-0.05, 0) is 38.1 Å². The molecule has 3 heteroatoms. The van der Waals surface area contributed by atoms with Gasteiger partial charge in [0.05, 0.1) is 0 Å². The largest absolute Gasteiger partial charge is 0.341 e. The van der Waals surface area contributed by atoms with E-state index in [1.807, 2.05) is 4.90 Å². The van der Waals surface area contributed by atoms with Crippen LogP contribution in [0.5, 0.6) is 0 Å². The zero-order valence-corrected chi connectivity index (χ0v) is 10.5. The molecule has 0 bridgehead atoms. The van der Waals surface area contributed by atoms with E-state index in [0.29, 0.717) is 18.9 Å². The van der Waals surface area contributed by atoms with Crippen molar-refractivity contribution in [1.82, 2.24) is 10.2 Å². The third-order valence-electron chi connectivity index (χ3n) is 3.61. The van der Waals surface area contributed by atoms with Crippen LogP contribution in [0.4, 0.5) is 0 Å². The van der Waals surface area contributed by atoms with Crippen LogP contribution in [0.3, 0.4) is 0 Å². The van der Waals surface area contributed by atoms with E-state index in [0.717, 1.165) is 25.6 Å². The minimum atomic E-state index is 0.239. The molecule has 0 aromatic heterocycles. The van der Waals surface area contributed by atoms with Crippen LogP contribution in [0.2, 0.25) is 0 Å². The Bertz CT molecular complexity index is 298. The first-order valence-corrected chi connectivity index (χ1v) is 6.74. The molecule has 0 spiro atoms. The van der Waals surface area contributed by atoms with Crippen molar-refractivity contribution in [3.05, 3.63) is 0 Å². The van der Waals surface area contributed by atoms with Gasteiger partial charge in [0.1, 0.15) is 0 Å². The number of hydrogen-bond acceptors (Lipinski definition) is 2. The summed E-state index contributed by atoms with van der Waals surface area (Å²) in [5, 5.41) is 3.46. The number of nitrogens with one attached hydrogen (secondary N) is 1. The van der Waals surface area contributed by atoms with Crippen molar-refractivity contribution >= 4 is 5.91 Å². The van der Waals surface area contributed by atoms with Crippen LogP contribution < -0.4 is 5.32 Å². The number of carbonyl (C=O) groups is 1. The van der Waals surface area contributed by atoms with Crippen molar-refractivity contribution in [1.29, 1.82) is 0 Å². The van der Waals surface area contributed by atoms with Gasteiger partial charge >= 0.3 is 0 Å². The van der Waals surface area contributed by atoms with Crippen LogP contribution in [0, 0.1) is 18.3 Å². The van der Waals surface area contributed by atoms with Gasteiger partial charge in [-0.2, -0.15) is 0 Å². The summed E-state index contributed by atoms with van der Waals surface area (Å²) >= 11 is 0. The fraction of sp³-hybridized carbons (Fsp3) is 0.786. The Balaban J connectivity index is 1.82. The highest BCUT2D eigenvalue weighted by molar-refractivity contribution is 5.76. The third kappa shape index (κ3) is 4.05. The van der Waals surface area contributed by atoms with Gasteiger partial charge in [0.25, 0.3) is 0 Å².